The summed E-state index contributed by atoms with van der Waals surface area (Å²) < 4.78 is 21.1. The van der Waals surface area contributed by atoms with Gasteiger partial charge in [-0.05, 0) is 31.2 Å². The first-order chi connectivity index (χ1) is 14.0. The van der Waals surface area contributed by atoms with Gasteiger partial charge < -0.3 is 10.1 Å². The van der Waals surface area contributed by atoms with E-state index >= 15 is 0 Å². The zero-order chi connectivity index (χ0) is 20.8. The summed E-state index contributed by atoms with van der Waals surface area (Å²) in [5, 5.41) is 11.2. The lowest BCUT2D eigenvalue weighted by atomic mass is 10.2. The van der Waals surface area contributed by atoms with E-state index in [1.165, 1.54) is 23.9 Å². The van der Waals surface area contributed by atoms with Crippen LogP contribution < -0.4 is 10.1 Å². The van der Waals surface area contributed by atoms with Crippen LogP contribution in [0.5, 0.6) is 5.75 Å². The smallest absolute Gasteiger partial charge is 0.237 e. The molecule has 1 amide bonds. The number of nitrogens with zero attached hydrogens (tertiary/aromatic N) is 3. The van der Waals surface area contributed by atoms with E-state index in [0.717, 1.165) is 5.56 Å². The number of nitrogens with one attached hydrogen (secondary N) is 1. The molecule has 1 heterocycles. The molecular formula is C21H21FN4O2S. The third kappa shape index (κ3) is 4.65. The van der Waals surface area contributed by atoms with Crippen LogP contribution in [0.25, 0.3) is 11.4 Å². The molecule has 0 aliphatic carbocycles. The predicted molar refractivity (Wildman–Crippen MR) is 113 cm³/mol. The Morgan fingerprint density at radius 3 is 2.72 bits per heavy atom. The van der Waals surface area contributed by atoms with E-state index in [4.69, 9.17) is 4.74 Å². The summed E-state index contributed by atoms with van der Waals surface area (Å²) in [6.45, 7) is 5.99. The Morgan fingerprint density at radius 2 is 2.00 bits per heavy atom. The molecule has 2 aromatic carbocycles. The number of methoxy groups -OCH3 is 1. The largest absolute Gasteiger partial charge is 0.496 e. The molecule has 0 aliphatic heterocycles. The van der Waals surface area contributed by atoms with E-state index in [0.29, 0.717) is 23.3 Å². The molecule has 29 heavy (non-hydrogen) atoms. The summed E-state index contributed by atoms with van der Waals surface area (Å²) in [7, 11) is 1.60. The monoisotopic (exact) mass is 412 g/mol. The average molecular weight is 412 g/mol. The highest BCUT2D eigenvalue weighted by Crippen LogP contribution is 2.32. The molecule has 3 rings (SSSR count). The van der Waals surface area contributed by atoms with Gasteiger partial charge in [0.05, 0.1) is 23.6 Å². The molecule has 0 spiro atoms. The Kier molecular flexibility index (Phi) is 6.66. The number of thioether (sulfide) groups is 1. The van der Waals surface area contributed by atoms with Gasteiger partial charge in [0, 0.05) is 6.54 Å². The first kappa shape index (κ1) is 20.6. The number of para-hydroxylation sites is 2. The van der Waals surface area contributed by atoms with Crippen LogP contribution >= 0.6 is 11.8 Å². The van der Waals surface area contributed by atoms with Crippen LogP contribution in [0.15, 0.2) is 66.3 Å². The third-order valence-corrected chi connectivity index (χ3v) is 5.24. The number of halogens is 1. The number of allylic oxidation sites excluding steroid dienone is 1. The second kappa shape index (κ2) is 9.38. The number of carbonyl (C=O) groups is 1. The van der Waals surface area contributed by atoms with Crippen LogP contribution in [0.3, 0.4) is 0 Å². The fraction of sp³-hybridized carbons (Fsp3) is 0.190. The number of amides is 1. The predicted octanol–water partition coefficient (Wildman–Crippen LogP) is 4.40. The van der Waals surface area contributed by atoms with Gasteiger partial charge in [-0.2, -0.15) is 0 Å². The molecule has 0 saturated heterocycles. The Labute approximate surface area is 172 Å². The Morgan fingerprint density at radius 1 is 1.28 bits per heavy atom. The molecule has 1 unspecified atom stereocenters. The molecule has 3 aromatic rings. The van der Waals surface area contributed by atoms with Crippen LogP contribution in [0.1, 0.15) is 6.92 Å². The molecule has 0 aliphatic rings. The maximum atomic E-state index is 13.8. The van der Waals surface area contributed by atoms with Crippen molar-refractivity contribution in [1.82, 2.24) is 14.8 Å². The van der Waals surface area contributed by atoms with Gasteiger partial charge >= 0.3 is 0 Å². The molecule has 150 valence electrons. The Hall–Kier alpha value is -3.13. The minimum Gasteiger partial charge on any atom is -0.496 e. The van der Waals surface area contributed by atoms with Gasteiger partial charge in [0.15, 0.2) is 11.0 Å². The molecule has 0 bridgehead atoms. The Bertz CT molecular complexity index is 1020. The van der Waals surface area contributed by atoms with Crippen molar-refractivity contribution in [1.29, 1.82) is 0 Å². The van der Waals surface area contributed by atoms with Crippen molar-refractivity contribution in [2.45, 2.75) is 23.9 Å². The number of rotatable bonds is 8. The zero-order valence-corrected chi connectivity index (χ0v) is 16.9. The number of hydrogen-bond donors (Lipinski definition) is 1. The molecule has 0 fully saturated rings. The van der Waals surface area contributed by atoms with E-state index < -0.39 is 11.1 Å². The Balaban J connectivity index is 1.83. The highest BCUT2D eigenvalue weighted by Gasteiger charge is 2.22. The first-order valence-corrected chi connectivity index (χ1v) is 9.82. The van der Waals surface area contributed by atoms with Crippen LogP contribution in [-0.4, -0.2) is 33.0 Å². The van der Waals surface area contributed by atoms with Crippen molar-refractivity contribution in [2.24, 2.45) is 0 Å². The third-order valence-electron chi connectivity index (χ3n) is 4.16. The quantitative estimate of drug-likeness (QED) is 0.439. The van der Waals surface area contributed by atoms with E-state index in [1.54, 1.807) is 32.2 Å². The lowest BCUT2D eigenvalue weighted by Gasteiger charge is -2.14. The molecule has 1 aromatic heterocycles. The van der Waals surface area contributed by atoms with Crippen LogP contribution in [0.2, 0.25) is 0 Å². The number of carbonyl (C=O) groups excluding carboxylic acids is 1. The van der Waals surface area contributed by atoms with Gasteiger partial charge in [-0.25, -0.2) is 4.39 Å². The van der Waals surface area contributed by atoms with Crippen molar-refractivity contribution in [2.75, 3.05) is 12.4 Å². The standard InChI is InChI=1S/C21H21FN4O2S/c1-4-13-26-19(15-9-5-8-12-18(15)28-3)24-25-21(26)29-14(2)20(27)23-17-11-7-6-10-16(17)22/h4-12,14H,1,13H2,2-3H3,(H,23,27). The molecule has 6 nitrogen and oxygen atoms in total. The molecule has 0 radical (unpaired) electrons. The number of anilines is 1. The molecule has 1 atom stereocenters. The second-order valence-corrected chi connectivity index (χ2v) is 7.44. The summed E-state index contributed by atoms with van der Waals surface area (Å²) >= 11 is 1.24. The average Bonchev–Trinajstić information content (AvgIpc) is 3.12. The molecule has 8 heteroatoms. The van der Waals surface area contributed by atoms with Crippen molar-refractivity contribution in [3.8, 4) is 17.1 Å². The highest BCUT2D eigenvalue weighted by molar-refractivity contribution is 8.00. The van der Waals surface area contributed by atoms with Gasteiger partial charge in [-0.1, -0.05) is 42.1 Å². The van der Waals surface area contributed by atoms with Gasteiger partial charge in [0.25, 0.3) is 0 Å². The fourth-order valence-electron chi connectivity index (χ4n) is 2.71. The van der Waals surface area contributed by atoms with Crippen molar-refractivity contribution in [3.05, 3.63) is 67.0 Å². The van der Waals surface area contributed by atoms with Gasteiger partial charge in [-0.15, -0.1) is 16.8 Å². The minimum absolute atomic E-state index is 0.146. The first-order valence-electron chi connectivity index (χ1n) is 8.94. The second-order valence-electron chi connectivity index (χ2n) is 6.13. The van der Waals surface area contributed by atoms with E-state index in [9.17, 15) is 9.18 Å². The molecule has 1 N–H and O–H groups in total. The lowest BCUT2D eigenvalue weighted by Crippen LogP contribution is -2.23. The van der Waals surface area contributed by atoms with E-state index in [1.807, 2.05) is 28.8 Å². The number of ether oxygens (including phenoxy) is 1. The molecule has 0 saturated carbocycles. The minimum atomic E-state index is -0.520. The summed E-state index contributed by atoms with van der Waals surface area (Å²) in [6.07, 6.45) is 1.73. The van der Waals surface area contributed by atoms with E-state index in [-0.39, 0.29) is 11.6 Å². The molecular weight excluding hydrogens is 391 g/mol. The maximum Gasteiger partial charge on any atom is 0.237 e. The number of aromatic nitrogens is 3. The normalized spacial score (nSPS) is 11.7. The van der Waals surface area contributed by atoms with Crippen LogP contribution in [0, 0.1) is 5.82 Å². The maximum absolute atomic E-state index is 13.8. The highest BCUT2D eigenvalue weighted by atomic mass is 32.2. The summed E-state index contributed by atoms with van der Waals surface area (Å²) in [5.41, 5.74) is 0.937. The number of hydrogen-bond acceptors (Lipinski definition) is 5. The topological polar surface area (TPSA) is 69.0 Å². The van der Waals surface area contributed by atoms with Crippen molar-refractivity contribution < 1.29 is 13.9 Å². The van der Waals surface area contributed by atoms with Crippen LogP contribution in [0.4, 0.5) is 10.1 Å². The SMILES string of the molecule is C=CCn1c(SC(C)C(=O)Nc2ccccc2F)nnc1-c1ccccc1OC. The lowest BCUT2D eigenvalue weighted by molar-refractivity contribution is -0.115. The number of benzene rings is 2. The van der Waals surface area contributed by atoms with Gasteiger partial charge in [-0.3, -0.25) is 9.36 Å². The summed E-state index contributed by atoms with van der Waals surface area (Å²) in [6, 6.07) is 13.6. The van der Waals surface area contributed by atoms with E-state index in [2.05, 4.69) is 22.1 Å². The summed E-state index contributed by atoms with van der Waals surface area (Å²) in [5.74, 6) is 0.483. The summed E-state index contributed by atoms with van der Waals surface area (Å²) in [4.78, 5) is 12.5. The van der Waals surface area contributed by atoms with Gasteiger partial charge in [0.2, 0.25) is 5.91 Å². The van der Waals surface area contributed by atoms with Crippen LogP contribution in [-0.2, 0) is 11.3 Å². The fourth-order valence-corrected chi connectivity index (χ4v) is 3.57. The van der Waals surface area contributed by atoms with Crippen molar-refractivity contribution >= 4 is 23.4 Å². The zero-order valence-electron chi connectivity index (χ0n) is 16.1. The van der Waals surface area contributed by atoms with Crippen molar-refractivity contribution in [3.63, 3.8) is 0 Å². The van der Waals surface area contributed by atoms with Gasteiger partial charge in [0.1, 0.15) is 11.6 Å².